The lowest BCUT2D eigenvalue weighted by molar-refractivity contribution is 0.663. The molecule has 0 radical (unpaired) electrons. The molecule has 0 saturated carbocycles. The Balaban J connectivity index is 1.12. The van der Waals surface area contributed by atoms with E-state index in [-0.39, 0.29) is 5.41 Å². The highest BCUT2D eigenvalue weighted by Gasteiger charge is 2.38. The topological polar surface area (TPSA) is 61.7 Å². The molecule has 0 atom stereocenters. The lowest BCUT2D eigenvalue weighted by Gasteiger charge is -2.23. The molecule has 60 heavy (non-hydrogen) atoms. The molecule has 0 spiro atoms. The summed E-state index contributed by atoms with van der Waals surface area (Å²) in [7, 11) is 0. The van der Waals surface area contributed by atoms with Gasteiger partial charge in [0.2, 0.25) is 11.9 Å². The monoisotopic (exact) mass is 769 g/mol. The van der Waals surface area contributed by atoms with Gasteiger partial charge in [-0.15, -0.1) is 0 Å². The summed E-state index contributed by atoms with van der Waals surface area (Å²) in [6.45, 7) is 4.68. The first-order chi connectivity index (χ1) is 29.5. The Labute approximate surface area is 344 Å². The van der Waals surface area contributed by atoms with Crippen LogP contribution in [0.25, 0.3) is 111 Å². The molecule has 4 aromatic heterocycles. The number of benzene rings is 8. The van der Waals surface area contributed by atoms with E-state index in [0.29, 0.717) is 17.7 Å². The molecule has 0 unspecified atom stereocenters. The molecule has 12 aromatic rings. The van der Waals surface area contributed by atoms with E-state index in [9.17, 15) is 0 Å². The number of hydrogen-bond acceptors (Lipinski definition) is 4. The number of aromatic nitrogens is 5. The first kappa shape index (κ1) is 33.2. The van der Waals surface area contributed by atoms with Crippen LogP contribution in [-0.2, 0) is 5.41 Å². The highest BCUT2D eigenvalue weighted by Crippen LogP contribution is 2.53. The van der Waals surface area contributed by atoms with Gasteiger partial charge < -0.3 is 4.42 Å². The minimum Gasteiger partial charge on any atom is -0.456 e. The molecule has 282 valence electrons. The summed E-state index contributed by atoms with van der Waals surface area (Å²) in [5.41, 5.74) is 13.8. The van der Waals surface area contributed by atoms with Crippen molar-refractivity contribution in [3.63, 3.8) is 0 Å². The second-order valence-electron chi connectivity index (χ2n) is 16.4. The Morgan fingerprint density at radius 1 is 0.433 bits per heavy atom. The van der Waals surface area contributed by atoms with Crippen LogP contribution in [0.15, 0.2) is 180 Å². The second-order valence-corrected chi connectivity index (χ2v) is 16.4. The van der Waals surface area contributed by atoms with E-state index < -0.39 is 0 Å². The summed E-state index contributed by atoms with van der Waals surface area (Å²) < 4.78 is 11.1. The zero-order valence-corrected chi connectivity index (χ0v) is 32.9. The lowest BCUT2D eigenvalue weighted by atomic mass is 9.81. The zero-order valence-electron chi connectivity index (χ0n) is 32.9. The van der Waals surface area contributed by atoms with Gasteiger partial charge in [-0.3, -0.25) is 9.13 Å². The average molecular weight is 770 g/mol. The van der Waals surface area contributed by atoms with Gasteiger partial charge in [-0.05, 0) is 69.8 Å². The van der Waals surface area contributed by atoms with Gasteiger partial charge in [0.1, 0.15) is 11.2 Å². The summed E-state index contributed by atoms with van der Waals surface area (Å²) >= 11 is 0. The fourth-order valence-corrected chi connectivity index (χ4v) is 10.2. The predicted molar refractivity (Wildman–Crippen MR) is 244 cm³/mol. The SMILES string of the molecule is CC1(C)c2ccccc2-c2ccc3c4ccccc4n(-c4nc(-c5ccc6c(c5)oc5cccc(-c7ccccc7)c56)nc(-n5c6ccccc6c6ccccc65)n4)c3c21. The van der Waals surface area contributed by atoms with Crippen LogP contribution in [0.4, 0.5) is 0 Å². The zero-order chi connectivity index (χ0) is 39.7. The van der Waals surface area contributed by atoms with E-state index in [1.165, 1.54) is 27.6 Å². The molecule has 0 aliphatic heterocycles. The van der Waals surface area contributed by atoms with Gasteiger partial charge in [0.15, 0.2) is 5.82 Å². The highest BCUT2D eigenvalue weighted by atomic mass is 16.3. The van der Waals surface area contributed by atoms with Crippen LogP contribution in [0.2, 0.25) is 0 Å². The maximum Gasteiger partial charge on any atom is 0.240 e. The molecular weight excluding hydrogens is 735 g/mol. The van der Waals surface area contributed by atoms with E-state index in [2.05, 4.69) is 187 Å². The van der Waals surface area contributed by atoms with Crippen LogP contribution in [-0.4, -0.2) is 24.1 Å². The van der Waals surface area contributed by atoms with Gasteiger partial charge in [-0.25, -0.2) is 0 Å². The van der Waals surface area contributed by atoms with Crippen molar-refractivity contribution < 1.29 is 4.42 Å². The summed E-state index contributed by atoms with van der Waals surface area (Å²) in [5.74, 6) is 1.66. The molecule has 6 heteroatoms. The van der Waals surface area contributed by atoms with Crippen LogP contribution < -0.4 is 0 Å². The normalized spacial score (nSPS) is 13.3. The number of rotatable bonds is 4. The third kappa shape index (κ3) is 4.50. The molecule has 1 aliphatic carbocycles. The number of furan rings is 1. The first-order valence-corrected chi connectivity index (χ1v) is 20.5. The highest BCUT2D eigenvalue weighted by molar-refractivity contribution is 6.14. The number of para-hydroxylation sites is 3. The van der Waals surface area contributed by atoms with Crippen molar-refractivity contribution in [2.45, 2.75) is 19.3 Å². The molecule has 0 N–H and O–H groups in total. The summed E-state index contributed by atoms with van der Waals surface area (Å²) in [5, 5.41) is 6.75. The summed E-state index contributed by atoms with van der Waals surface area (Å²) in [4.78, 5) is 16.3. The fourth-order valence-electron chi connectivity index (χ4n) is 10.2. The van der Waals surface area contributed by atoms with Crippen molar-refractivity contribution in [3.05, 3.63) is 187 Å². The van der Waals surface area contributed by atoms with Crippen LogP contribution in [0.5, 0.6) is 0 Å². The van der Waals surface area contributed by atoms with Crippen LogP contribution in [0.1, 0.15) is 25.0 Å². The van der Waals surface area contributed by atoms with Gasteiger partial charge >= 0.3 is 0 Å². The molecule has 0 amide bonds. The summed E-state index contributed by atoms with van der Waals surface area (Å²) in [6.07, 6.45) is 0. The smallest absolute Gasteiger partial charge is 0.240 e. The Hall–Kier alpha value is -7.83. The lowest BCUT2D eigenvalue weighted by Crippen LogP contribution is -2.17. The van der Waals surface area contributed by atoms with E-state index >= 15 is 0 Å². The molecule has 6 nitrogen and oxygen atoms in total. The molecule has 8 aromatic carbocycles. The second kappa shape index (κ2) is 12.1. The van der Waals surface area contributed by atoms with Crippen LogP contribution >= 0.6 is 0 Å². The number of hydrogen-bond donors (Lipinski definition) is 0. The Morgan fingerprint density at radius 3 is 1.78 bits per heavy atom. The Morgan fingerprint density at radius 2 is 1.03 bits per heavy atom. The maximum atomic E-state index is 6.63. The van der Waals surface area contributed by atoms with Crippen molar-refractivity contribution in [2.75, 3.05) is 0 Å². The maximum absolute atomic E-state index is 6.63. The van der Waals surface area contributed by atoms with Crippen molar-refractivity contribution in [2.24, 2.45) is 0 Å². The standard InChI is InChI=1S/C54H35N5O/c1-54(2)42-22-10-6-17-35(42)39-29-30-40-38-20-9-13-25-45(38)59(50(40)49(39)54)53-56-51(55-52(57-53)58-43-23-11-7-18-36(43)37-19-8-12-24-44(37)58)33-27-28-41-47(31-33)60-46-26-14-21-34(48(41)46)32-15-4-3-5-16-32/h3-31H,1-2H3. The Kier molecular flexibility index (Phi) is 6.69. The van der Waals surface area contributed by atoms with E-state index in [4.69, 9.17) is 19.4 Å². The van der Waals surface area contributed by atoms with Gasteiger partial charge in [-0.2, -0.15) is 15.0 Å². The molecule has 0 saturated heterocycles. The third-order valence-electron chi connectivity index (χ3n) is 12.8. The molecule has 0 bridgehead atoms. The minimum absolute atomic E-state index is 0.270. The molecular formula is C54H35N5O. The van der Waals surface area contributed by atoms with Crippen molar-refractivity contribution in [1.29, 1.82) is 0 Å². The molecule has 4 heterocycles. The third-order valence-corrected chi connectivity index (χ3v) is 12.8. The van der Waals surface area contributed by atoms with Gasteiger partial charge in [0.05, 0.1) is 22.1 Å². The Bertz CT molecular complexity index is 3700. The van der Waals surface area contributed by atoms with Crippen molar-refractivity contribution in [1.82, 2.24) is 24.1 Å². The quantitative estimate of drug-likeness (QED) is 0.179. The predicted octanol–water partition coefficient (Wildman–Crippen LogP) is 13.6. The van der Waals surface area contributed by atoms with E-state index in [0.717, 1.165) is 76.9 Å². The van der Waals surface area contributed by atoms with Crippen LogP contribution in [0, 0.1) is 0 Å². The molecule has 13 rings (SSSR count). The van der Waals surface area contributed by atoms with Gasteiger partial charge in [-0.1, -0.05) is 153 Å². The van der Waals surface area contributed by atoms with Crippen LogP contribution in [0.3, 0.4) is 0 Å². The van der Waals surface area contributed by atoms with Crippen molar-refractivity contribution >= 4 is 65.6 Å². The largest absolute Gasteiger partial charge is 0.456 e. The summed E-state index contributed by atoms with van der Waals surface area (Å²) in [6, 6.07) is 62.1. The average Bonchev–Trinajstić information content (AvgIpc) is 4.01. The van der Waals surface area contributed by atoms with Gasteiger partial charge in [0, 0.05) is 43.3 Å². The number of nitrogens with zero attached hydrogens (tertiary/aromatic N) is 5. The van der Waals surface area contributed by atoms with E-state index in [1.807, 2.05) is 12.1 Å². The number of fused-ring (bicyclic) bond motifs is 13. The fraction of sp³-hybridized carbons (Fsp3) is 0.0556. The van der Waals surface area contributed by atoms with Crippen molar-refractivity contribution in [3.8, 4) is 45.5 Å². The molecule has 1 aliphatic rings. The first-order valence-electron chi connectivity index (χ1n) is 20.5. The van der Waals surface area contributed by atoms with E-state index in [1.54, 1.807) is 0 Å². The van der Waals surface area contributed by atoms with Gasteiger partial charge in [0.25, 0.3) is 0 Å². The molecule has 0 fully saturated rings. The minimum atomic E-state index is -0.270.